The molecule has 2 aliphatic rings. The molecule has 3 heterocycles. The molecule has 0 aromatic carbocycles. The molecule has 6 heteroatoms. The fraction of sp³-hybridized carbons (Fsp3) is 0.625. The summed E-state index contributed by atoms with van der Waals surface area (Å²) in [5, 5.41) is 3.41. The van der Waals surface area contributed by atoms with Crippen LogP contribution >= 0.6 is 12.4 Å². The summed E-state index contributed by atoms with van der Waals surface area (Å²) >= 11 is 0. The highest BCUT2D eigenvalue weighted by Crippen LogP contribution is 2.13. The van der Waals surface area contributed by atoms with Crippen molar-refractivity contribution in [3.8, 4) is 0 Å². The van der Waals surface area contributed by atoms with Gasteiger partial charge in [-0.05, 0) is 31.5 Å². The molecule has 3 rings (SSSR count). The van der Waals surface area contributed by atoms with Crippen molar-refractivity contribution in [2.75, 3.05) is 39.3 Å². The SMILES string of the molecule is Cl.O=C(CCc1ccccn1)N1CCN(C2CCNC2)CC1. The number of aryl methyl sites for hydroxylation is 1. The van der Waals surface area contributed by atoms with Gasteiger partial charge in [-0.1, -0.05) is 6.07 Å². The number of halogens is 1. The molecule has 1 atom stereocenters. The number of hydrogen-bond acceptors (Lipinski definition) is 4. The van der Waals surface area contributed by atoms with Gasteiger partial charge < -0.3 is 10.2 Å². The summed E-state index contributed by atoms with van der Waals surface area (Å²) in [6.45, 7) is 6.01. The Morgan fingerprint density at radius 2 is 2.09 bits per heavy atom. The molecular formula is C16H25ClN4O. The number of pyridine rings is 1. The Kier molecular flexibility index (Phi) is 6.61. The standard InChI is InChI=1S/C16H24N4O.ClH/c21-16(5-4-14-3-1-2-7-18-14)20-11-9-19(10-12-20)15-6-8-17-13-15;/h1-3,7,15,17H,4-6,8-13H2;1H. The van der Waals surface area contributed by atoms with E-state index in [0.29, 0.717) is 12.5 Å². The molecule has 1 N–H and O–H groups in total. The molecule has 0 bridgehead atoms. The Morgan fingerprint density at radius 3 is 2.73 bits per heavy atom. The third-order valence-electron chi connectivity index (χ3n) is 4.54. The molecule has 1 aromatic rings. The van der Waals surface area contributed by atoms with E-state index in [1.807, 2.05) is 23.1 Å². The van der Waals surface area contributed by atoms with Crippen LogP contribution in [0, 0.1) is 0 Å². The quantitative estimate of drug-likeness (QED) is 0.895. The largest absolute Gasteiger partial charge is 0.340 e. The molecule has 1 amide bonds. The van der Waals surface area contributed by atoms with Gasteiger partial charge in [0.2, 0.25) is 5.91 Å². The van der Waals surface area contributed by atoms with Gasteiger partial charge in [0.25, 0.3) is 0 Å². The lowest BCUT2D eigenvalue weighted by Crippen LogP contribution is -2.52. The van der Waals surface area contributed by atoms with Gasteiger partial charge in [-0.15, -0.1) is 12.4 Å². The summed E-state index contributed by atoms with van der Waals surface area (Å²) in [6, 6.07) is 6.54. The summed E-state index contributed by atoms with van der Waals surface area (Å²) in [5.74, 6) is 0.268. The third kappa shape index (κ3) is 4.41. The minimum absolute atomic E-state index is 0. The van der Waals surface area contributed by atoms with Crippen LogP contribution in [0.2, 0.25) is 0 Å². The maximum Gasteiger partial charge on any atom is 0.223 e. The number of nitrogens with zero attached hydrogens (tertiary/aromatic N) is 3. The average Bonchev–Trinajstić information content (AvgIpc) is 3.08. The lowest BCUT2D eigenvalue weighted by atomic mass is 10.1. The monoisotopic (exact) mass is 324 g/mol. The highest BCUT2D eigenvalue weighted by atomic mass is 35.5. The van der Waals surface area contributed by atoms with Crippen LogP contribution in [0.4, 0.5) is 0 Å². The van der Waals surface area contributed by atoms with E-state index < -0.39 is 0 Å². The first kappa shape index (κ1) is 17.2. The van der Waals surface area contributed by atoms with Crippen LogP contribution in [0.25, 0.3) is 0 Å². The minimum atomic E-state index is 0. The van der Waals surface area contributed by atoms with E-state index in [9.17, 15) is 4.79 Å². The van der Waals surface area contributed by atoms with E-state index >= 15 is 0 Å². The summed E-state index contributed by atoms with van der Waals surface area (Å²) in [7, 11) is 0. The first-order valence-electron chi connectivity index (χ1n) is 7.95. The minimum Gasteiger partial charge on any atom is -0.340 e. The lowest BCUT2D eigenvalue weighted by molar-refractivity contribution is -0.133. The number of hydrogen-bond donors (Lipinski definition) is 1. The normalized spacial score (nSPS) is 22.4. The second kappa shape index (κ2) is 8.46. The predicted octanol–water partition coefficient (Wildman–Crippen LogP) is 0.942. The predicted molar refractivity (Wildman–Crippen MR) is 89.2 cm³/mol. The van der Waals surface area contributed by atoms with E-state index in [1.54, 1.807) is 6.20 Å². The van der Waals surface area contributed by atoms with Crippen molar-refractivity contribution < 1.29 is 4.79 Å². The van der Waals surface area contributed by atoms with Crippen molar-refractivity contribution in [1.29, 1.82) is 0 Å². The molecule has 0 aliphatic carbocycles. The molecule has 0 saturated carbocycles. The molecule has 2 aliphatic heterocycles. The number of piperazine rings is 1. The molecule has 122 valence electrons. The molecule has 2 fully saturated rings. The van der Waals surface area contributed by atoms with E-state index in [0.717, 1.165) is 51.4 Å². The molecule has 2 saturated heterocycles. The van der Waals surface area contributed by atoms with Crippen LogP contribution < -0.4 is 5.32 Å². The van der Waals surface area contributed by atoms with Gasteiger partial charge >= 0.3 is 0 Å². The van der Waals surface area contributed by atoms with E-state index in [2.05, 4.69) is 15.2 Å². The summed E-state index contributed by atoms with van der Waals surface area (Å²) in [6.07, 6.45) is 4.34. The fourth-order valence-electron chi connectivity index (χ4n) is 3.23. The first-order chi connectivity index (χ1) is 10.3. The zero-order chi connectivity index (χ0) is 14.5. The molecule has 0 radical (unpaired) electrons. The van der Waals surface area contributed by atoms with Crippen LogP contribution in [0.3, 0.4) is 0 Å². The average molecular weight is 325 g/mol. The number of carbonyl (C=O) groups is 1. The van der Waals surface area contributed by atoms with Crippen LogP contribution in [0.1, 0.15) is 18.5 Å². The van der Waals surface area contributed by atoms with Gasteiger partial charge in [-0.25, -0.2) is 0 Å². The van der Waals surface area contributed by atoms with Crippen LogP contribution in [0.5, 0.6) is 0 Å². The molecular weight excluding hydrogens is 300 g/mol. The number of carbonyl (C=O) groups excluding carboxylic acids is 1. The van der Waals surface area contributed by atoms with E-state index in [4.69, 9.17) is 0 Å². The molecule has 22 heavy (non-hydrogen) atoms. The Labute approximate surface area is 138 Å². The van der Waals surface area contributed by atoms with Crippen LogP contribution in [0.15, 0.2) is 24.4 Å². The van der Waals surface area contributed by atoms with Gasteiger partial charge in [-0.3, -0.25) is 14.7 Å². The van der Waals surface area contributed by atoms with E-state index in [-0.39, 0.29) is 18.3 Å². The molecule has 0 spiro atoms. The van der Waals surface area contributed by atoms with Crippen LogP contribution in [-0.2, 0) is 11.2 Å². The highest BCUT2D eigenvalue weighted by molar-refractivity contribution is 5.85. The molecule has 5 nitrogen and oxygen atoms in total. The van der Waals surface area contributed by atoms with Gasteiger partial charge in [0.15, 0.2) is 0 Å². The Morgan fingerprint density at radius 1 is 1.27 bits per heavy atom. The number of aromatic nitrogens is 1. The summed E-state index contributed by atoms with van der Waals surface area (Å²) < 4.78 is 0. The van der Waals surface area contributed by atoms with Gasteiger partial charge in [0.1, 0.15) is 0 Å². The van der Waals surface area contributed by atoms with Crippen molar-refractivity contribution in [1.82, 2.24) is 20.1 Å². The zero-order valence-electron chi connectivity index (χ0n) is 12.9. The number of rotatable bonds is 4. The summed E-state index contributed by atoms with van der Waals surface area (Å²) in [5.41, 5.74) is 1.00. The molecule has 1 unspecified atom stereocenters. The van der Waals surface area contributed by atoms with Gasteiger partial charge in [0.05, 0.1) is 0 Å². The topological polar surface area (TPSA) is 48.5 Å². The number of nitrogens with one attached hydrogen (secondary N) is 1. The fourth-order valence-corrected chi connectivity index (χ4v) is 3.23. The van der Waals surface area contributed by atoms with Crippen molar-refractivity contribution in [3.63, 3.8) is 0 Å². The van der Waals surface area contributed by atoms with Gasteiger partial charge in [0, 0.05) is 57.1 Å². The Bertz CT molecular complexity index is 456. The third-order valence-corrected chi connectivity index (χ3v) is 4.54. The van der Waals surface area contributed by atoms with Crippen molar-refractivity contribution in [2.45, 2.75) is 25.3 Å². The lowest BCUT2D eigenvalue weighted by Gasteiger charge is -2.37. The van der Waals surface area contributed by atoms with Crippen molar-refractivity contribution in [3.05, 3.63) is 30.1 Å². The van der Waals surface area contributed by atoms with Gasteiger partial charge in [-0.2, -0.15) is 0 Å². The molecule has 1 aromatic heterocycles. The maximum atomic E-state index is 12.3. The highest BCUT2D eigenvalue weighted by Gasteiger charge is 2.27. The van der Waals surface area contributed by atoms with E-state index in [1.165, 1.54) is 6.42 Å². The summed E-state index contributed by atoms with van der Waals surface area (Å²) in [4.78, 5) is 21.1. The zero-order valence-corrected chi connectivity index (χ0v) is 13.7. The van der Waals surface area contributed by atoms with Crippen molar-refractivity contribution in [2.24, 2.45) is 0 Å². The second-order valence-electron chi connectivity index (χ2n) is 5.88. The Hall–Kier alpha value is -1.17. The first-order valence-corrected chi connectivity index (χ1v) is 7.95. The van der Waals surface area contributed by atoms with Crippen LogP contribution in [-0.4, -0.2) is 66.0 Å². The maximum absolute atomic E-state index is 12.3. The van der Waals surface area contributed by atoms with Crippen molar-refractivity contribution >= 4 is 18.3 Å². The Balaban J connectivity index is 0.00000176. The smallest absolute Gasteiger partial charge is 0.223 e. The number of amides is 1. The second-order valence-corrected chi connectivity index (χ2v) is 5.88.